The number of hydrogen-bond donors (Lipinski definition) is 2. The Labute approximate surface area is 87.3 Å². The van der Waals surface area contributed by atoms with Gasteiger partial charge in [-0.05, 0) is 23.8 Å². The second-order valence-corrected chi connectivity index (χ2v) is 3.39. The SMILES string of the molecule is C=CC(NN)c1cc(Cl)ccc1Cl. The number of hydrazine groups is 1. The van der Waals surface area contributed by atoms with Crippen LogP contribution in [0.5, 0.6) is 0 Å². The highest BCUT2D eigenvalue weighted by molar-refractivity contribution is 6.33. The first kappa shape index (κ1) is 10.5. The molecule has 0 saturated carbocycles. The molecule has 0 saturated heterocycles. The summed E-state index contributed by atoms with van der Waals surface area (Å²) in [6, 6.07) is 5.04. The van der Waals surface area contributed by atoms with Gasteiger partial charge in [0.25, 0.3) is 0 Å². The second-order valence-electron chi connectivity index (χ2n) is 2.55. The Hall–Kier alpha value is -0.540. The van der Waals surface area contributed by atoms with Crippen molar-refractivity contribution in [2.45, 2.75) is 6.04 Å². The molecule has 0 aliphatic carbocycles. The molecule has 1 atom stereocenters. The van der Waals surface area contributed by atoms with Crippen molar-refractivity contribution in [1.82, 2.24) is 5.43 Å². The Morgan fingerprint density at radius 1 is 1.46 bits per heavy atom. The average Bonchev–Trinajstić information content (AvgIpc) is 2.13. The molecule has 0 radical (unpaired) electrons. The molecule has 4 heteroatoms. The summed E-state index contributed by atoms with van der Waals surface area (Å²) in [5.41, 5.74) is 3.40. The highest BCUT2D eigenvalue weighted by Crippen LogP contribution is 2.26. The molecule has 13 heavy (non-hydrogen) atoms. The quantitative estimate of drug-likeness (QED) is 0.464. The monoisotopic (exact) mass is 216 g/mol. The van der Waals surface area contributed by atoms with E-state index in [1.165, 1.54) is 0 Å². The van der Waals surface area contributed by atoms with Crippen LogP contribution in [-0.4, -0.2) is 0 Å². The number of nitrogens with two attached hydrogens (primary N) is 1. The summed E-state index contributed by atoms with van der Waals surface area (Å²) in [7, 11) is 0. The van der Waals surface area contributed by atoms with E-state index >= 15 is 0 Å². The van der Waals surface area contributed by atoms with E-state index in [2.05, 4.69) is 12.0 Å². The number of rotatable bonds is 3. The molecule has 1 unspecified atom stereocenters. The first-order valence-corrected chi connectivity index (χ1v) is 4.48. The van der Waals surface area contributed by atoms with Gasteiger partial charge in [0.15, 0.2) is 0 Å². The molecule has 0 aliphatic rings. The van der Waals surface area contributed by atoms with Gasteiger partial charge in [-0.1, -0.05) is 29.3 Å². The molecule has 1 rings (SSSR count). The number of halogens is 2. The van der Waals surface area contributed by atoms with Gasteiger partial charge < -0.3 is 0 Å². The molecule has 0 fully saturated rings. The van der Waals surface area contributed by atoms with Crippen molar-refractivity contribution < 1.29 is 0 Å². The fraction of sp³-hybridized carbons (Fsp3) is 0.111. The van der Waals surface area contributed by atoms with Gasteiger partial charge in [0, 0.05) is 10.0 Å². The van der Waals surface area contributed by atoms with Crippen LogP contribution in [-0.2, 0) is 0 Å². The standard InChI is InChI=1S/C9H10Cl2N2/c1-2-9(13-12)7-5-6(10)3-4-8(7)11/h2-5,9,13H,1,12H2. The molecule has 0 amide bonds. The van der Waals surface area contributed by atoms with Crippen LogP contribution < -0.4 is 11.3 Å². The van der Waals surface area contributed by atoms with Gasteiger partial charge in [-0.15, -0.1) is 6.58 Å². The lowest BCUT2D eigenvalue weighted by Crippen LogP contribution is -2.26. The van der Waals surface area contributed by atoms with Gasteiger partial charge in [0.05, 0.1) is 6.04 Å². The van der Waals surface area contributed by atoms with Gasteiger partial charge >= 0.3 is 0 Å². The Kier molecular flexibility index (Phi) is 3.75. The van der Waals surface area contributed by atoms with Crippen LogP contribution in [0.1, 0.15) is 11.6 Å². The molecule has 3 N–H and O–H groups in total. The van der Waals surface area contributed by atoms with Gasteiger partial charge in [-0.3, -0.25) is 5.84 Å². The Morgan fingerprint density at radius 3 is 2.69 bits per heavy atom. The average molecular weight is 217 g/mol. The largest absolute Gasteiger partial charge is 0.271 e. The molecular weight excluding hydrogens is 207 g/mol. The lowest BCUT2D eigenvalue weighted by molar-refractivity contribution is 0.657. The highest BCUT2D eigenvalue weighted by atomic mass is 35.5. The number of benzene rings is 1. The maximum atomic E-state index is 5.95. The molecule has 0 aliphatic heterocycles. The lowest BCUT2D eigenvalue weighted by Gasteiger charge is -2.13. The van der Waals surface area contributed by atoms with Gasteiger partial charge in [0.2, 0.25) is 0 Å². The first-order chi connectivity index (χ1) is 6.19. The Bertz CT molecular complexity index is 312. The van der Waals surface area contributed by atoms with Crippen molar-refractivity contribution in [3.63, 3.8) is 0 Å². The summed E-state index contributed by atoms with van der Waals surface area (Å²) in [4.78, 5) is 0. The van der Waals surface area contributed by atoms with E-state index in [9.17, 15) is 0 Å². The summed E-state index contributed by atoms with van der Waals surface area (Å²) in [6.07, 6.45) is 1.66. The maximum absolute atomic E-state index is 5.95. The molecule has 1 aromatic carbocycles. The molecule has 1 aromatic rings. The van der Waals surface area contributed by atoms with Crippen LogP contribution in [0.25, 0.3) is 0 Å². The third kappa shape index (κ3) is 2.45. The van der Waals surface area contributed by atoms with E-state index < -0.39 is 0 Å². The zero-order chi connectivity index (χ0) is 9.84. The maximum Gasteiger partial charge on any atom is 0.0653 e. The van der Waals surface area contributed by atoms with E-state index in [0.29, 0.717) is 10.0 Å². The van der Waals surface area contributed by atoms with E-state index in [0.717, 1.165) is 5.56 Å². The minimum Gasteiger partial charge on any atom is -0.271 e. The zero-order valence-corrected chi connectivity index (χ0v) is 8.44. The predicted molar refractivity (Wildman–Crippen MR) is 56.7 cm³/mol. The van der Waals surface area contributed by atoms with Crippen molar-refractivity contribution in [2.75, 3.05) is 0 Å². The van der Waals surface area contributed by atoms with Gasteiger partial charge in [-0.25, -0.2) is 5.43 Å². The summed E-state index contributed by atoms with van der Waals surface area (Å²) < 4.78 is 0. The molecule has 0 spiro atoms. The minimum atomic E-state index is -0.175. The second kappa shape index (κ2) is 4.63. The van der Waals surface area contributed by atoms with Crippen molar-refractivity contribution in [1.29, 1.82) is 0 Å². The summed E-state index contributed by atoms with van der Waals surface area (Å²) in [6.45, 7) is 3.63. The smallest absolute Gasteiger partial charge is 0.0653 e. The third-order valence-corrected chi connectivity index (χ3v) is 2.29. The van der Waals surface area contributed by atoms with E-state index in [4.69, 9.17) is 29.0 Å². The molecule has 0 aromatic heterocycles. The van der Waals surface area contributed by atoms with Gasteiger partial charge in [-0.2, -0.15) is 0 Å². The van der Waals surface area contributed by atoms with Crippen molar-refractivity contribution in [3.8, 4) is 0 Å². The minimum absolute atomic E-state index is 0.175. The number of hydrogen-bond acceptors (Lipinski definition) is 2. The topological polar surface area (TPSA) is 38.0 Å². The van der Waals surface area contributed by atoms with Crippen molar-refractivity contribution in [3.05, 3.63) is 46.5 Å². The fourth-order valence-corrected chi connectivity index (χ4v) is 1.45. The normalized spacial score (nSPS) is 12.5. The molecule has 0 bridgehead atoms. The fourth-order valence-electron chi connectivity index (χ4n) is 1.04. The number of nitrogens with one attached hydrogen (secondary N) is 1. The van der Waals surface area contributed by atoms with Crippen LogP contribution in [0.3, 0.4) is 0 Å². The van der Waals surface area contributed by atoms with Crippen LogP contribution in [0.4, 0.5) is 0 Å². The van der Waals surface area contributed by atoms with Crippen LogP contribution in [0.15, 0.2) is 30.9 Å². The zero-order valence-electron chi connectivity index (χ0n) is 6.93. The van der Waals surface area contributed by atoms with E-state index in [-0.39, 0.29) is 6.04 Å². The third-order valence-electron chi connectivity index (χ3n) is 1.71. The summed E-state index contributed by atoms with van der Waals surface area (Å²) in [5.74, 6) is 5.31. The van der Waals surface area contributed by atoms with Gasteiger partial charge in [0.1, 0.15) is 0 Å². The van der Waals surface area contributed by atoms with Crippen LogP contribution in [0.2, 0.25) is 10.0 Å². The van der Waals surface area contributed by atoms with E-state index in [1.54, 1.807) is 24.3 Å². The van der Waals surface area contributed by atoms with Crippen molar-refractivity contribution >= 4 is 23.2 Å². The van der Waals surface area contributed by atoms with Crippen molar-refractivity contribution in [2.24, 2.45) is 5.84 Å². The molecule has 2 nitrogen and oxygen atoms in total. The summed E-state index contributed by atoms with van der Waals surface area (Å²) >= 11 is 11.8. The molecule has 70 valence electrons. The molecule has 0 heterocycles. The summed E-state index contributed by atoms with van der Waals surface area (Å²) in [5, 5.41) is 1.24. The first-order valence-electron chi connectivity index (χ1n) is 3.72. The molecular formula is C9H10Cl2N2. The van der Waals surface area contributed by atoms with Crippen LogP contribution >= 0.6 is 23.2 Å². The predicted octanol–water partition coefficient (Wildman–Crippen LogP) is 2.68. The highest BCUT2D eigenvalue weighted by Gasteiger charge is 2.09. The Balaban J connectivity index is 3.10. The van der Waals surface area contributed by atoms with Crippen LogP contribution in [0, 0.1) is 0 Å². The Morgan fingerprint density at radius 2 is 2.15 bits per heavy atom. The lowest BCUT2D eigenvalue weighted by atomic mass is 10.1. The van der Waals surface area contributed by atoms with E-state index in [1.807, 2.05) is 0 Å².